The Hall–Kier alpha value is -2.47. The van der Waals surface area contributed by atoms with Crippen LogP contribution in [0.1, 0.15) is 5.56 Å². The Morgan fingerprint density at radius 2 is 2.00 bits per heavy atom. The Balaban J connectivity index is 2.01. The van der Waals surface area contributed by atoms with Crippen LogP contribution < -0.4 is 10.1 Å². The van der Waals surface area contributed by atoms with Crippen molar-refractivity contribution in [3.8, 4) is 5.75 Å². The monoisotopic (exact) mass is 341 g/mol. The van der Waals surface area contributed by atoms with Gasteiger partial charge >= 0.3 is 6.61 Å². The van der Waals surface area contributed by atoms with Gasteiger partial charge in [-0.3, -0.25) is 4.79 Å². The van der Waals surface area contributed by atoms with Crippen LogP contribution in [0.4, 0.5) is 18.9 Å². The molecule has 0 unspecified atom stereocenters. The number of carbonyl (C=O) groups excluding carboxylic acids is 1. The summed E-state index contributed by atoms with van der Waals surface area (Å²) < 4.78 is 41.4. The standard InChI is InChI=1S/C16H11ClF3NO2/c17-13-9-12(5-6-14(13)23-16(19)20)21-15(22)7-4-10-2-1-3-11(18)8-10/h1-9,16H,(H,21,22)/b7-4+. The number of nitrogens with one attached hydrogen (secondary N) is 1. The Kier molecular flexibility index (Phi) is 5.65. The number of carbonyl (C=O) groups is 1. The lowest BCUT2D eigenvalue weighted by molar-refractivity contribution is -0.111. The van der Waals surface area contributed by atoms with Crippen molar-refractivity contribution >= 4 is 29.3 Å². The first-order valence-electron chi connectivity index (χ1n) is 6.43. The molecule has 0 saturated heterocycles. The molecule has 2 rings (SSSR count). The van der Waals surface area contributed by atoms with Crippen LogP contribution in [0.15, 0.2) is 48.5 Å². The third kappa shape index (κ3) is 5.34. The van der Waals surface area contributed by atoms with Gasteiger partial charge in [0, 0.05) is 11.8 Å². The lowest BCUT2D eigenvalue weighted by Crippen LogP contribution is -2.08. The summed E-state index contributed by atoms with van der Waals surface area (Å²) in [5.74, 6) is -1.07. The Morgan fingerprint density at radius 3 is 2.65 bits per heavy atom. The lowest BCUT2D eigenvalue weighted by atomic mass is 10.2. The van der Waals surface area contributed by atoms with Crippen molar-refractivity contribution in [2.24, 2.45) is 0 Å². The molecule has 3 nitrogen and oxygen atoms in total. The van der Waals surface area contributed by atoms with Crippen LogP contribution in [0.2, 0.25) is 5.02 Å². The number of rotatable bonds is 5. The molecule has 0 aliphatic rings. The Labute approximate surface area is 135 Å². The van der Waals surface area contributed by atoms with Gasteiger partial charge in [-0.25, -0.2) is 4.39 Å². The highest BCUT2D eigenvalue weighted by molar-refractivity contribution is 6.32. The summed E-state index contributed by atoms with van der Waals surface area (Å²) in [5.41, 5.74) is 0.837. The summed E-state index contributed by atoms with van der Waals surface area (Å²) in [5, 5.41) is 2.44. The van der Waals surface area contributed by atoms with Crippen molar-refractivity contribution in [1.29, 1.82) is 0 Å². The lowest BCUT2D eigenvalue weighted by Gasteiger charge is -2.08. The molecule has 0 atom stereocenters. The van der Waals surface area contributed by atoms with Crippen LogP contribution in [-0.2, 0) is 4.79 Å². The number of alkyl halides is 2. The highest BCUT2D eigenvalue weighted by atomic mass is 35.5. The maximum atomic E-state index is 13.0. The molecule has 7 heteroatoms. The van der Waals surface area contributed by atoms with E-state index in [2.05, 4.69) is 10.1 Å². The zero-order chi connectivity index (χ0) is 16.8. The summed E-state index contributed by atoms with van der Waals surface area (Å²) in [7, 11) is 0. The summed E-state index contributed by atoms with van der Waals surface area (Å²) in [4.78, 5) is 11.8. The summed E-state index contributed by atoms with van der Waals surface area (Å²) in [6.07, 6.45) is 2.65. The van der Waals surface area contributed by atoms with E-state index in [1.165, 1.54) is 48.6 Å². The van der Waals surface area contributed by atoms with Gasteiger partial charge in [0.25, 0.3) is 0 Å². The number of benzene rings is 2. The average molecular weight is 342 g/mol. The summed E-state index contributed by atoms with van der Waals surface area (Å²) >= 11 is 5.78. The zero-order valence-corrected chi connectivity index (χ0v) is 12.4. The number of hydrogen-bond acceptors (Lipinski definition) is 2. The molecule has 0 aromatic heterocycles. The van der Waals surface area contributed by atoms with E-state index >= 15 is 0 Å². The van der Waals surface area contributed by atoms with E-state index in [0.29, 0.717) is 11.3 Å². The molecule has 0 spiro atoms. The first kappa shape index (κ1) is 16.9. The second-order valence-electron chi connectivity index (χ2n) is 4.40. The second-order valence-corrected chi connectivity index (χ2v) is 4.81. The number of amides is 1. The van der Waals surface area contributed by atoms with Crippen molar-refractivity contribution in [1.82, 2.24) is 0 Å². The van der Waals surface area contributed by atoms with Crippen molar-refractivity contribution in [2.45, 2.75) is 6.61 Å². The van der Waals surface area contributed by atoms with Gasteiger partial charge in [-0.15, -0.1) is 0 Å². The molecule has 2 aromatic carbocycles. The topological polar surface area (TPSA) is 38.3 Å². The van der Waals surface area contributed by atoms with Gasteiger partial charge in [0.15, 0.2) is 0 Å². The number of anilines is 1. The van der Waals surface area contributed by atoms with Gasteiger partial charge in [-0.1, -0.05) is 23.7 Å². The quantitative estimate of drug-likeness (QED) is 0.798. The molecule has 0 aliphatic heterocycles. The normalized spacial score (nSPS) is 11.0. The molecule has 0 fully saturated rings. The molecule has 23 heavy (non-hydrogen) atoms. The van der Waals surface area contributed by atoms with Crippen LogP contribution in [0.3, 0.4) is 0 Å². The summed E-state index contributed by atoms with van der Waals surface area (Å²) in [6, 6.07) is 9.61. The van der Waals surface area contributed by atoms with Gasteiger partial charge in [0.1, 0.15) is 11.6 Å². The van der Waals surface area contributed by atoms with Crippen LogP contribution in [0, 0.1) is 5.82 Å². The van der Waals surface area contributed by atoms with Crippen molar-refractivity contribution < 1.29 is 22.7 Å². The molecule has 0 radical (unpaired) electrons. The van der Waals surface area contributed by atoms with E-state index in [1.807, 2.05) is 0 Å². The highest BCUT2D eigenvalue weighted by Crippen LogP contribution is 2.28. The van der Waals surface area contributed by atoms with Crippen LogP contribution in [-0.4, -0.2) is 12.5 Å². The van der Waals surface area contributed by atoms with E-state index in [9.17, 15) is 18.0 Å². The molecular weight excluding hydrogens is 331 g/mol. The van der Waals surface area contributed by atoms with Gasteiger partial charge in [0.2, 0.25) is 5.91 Å². The van der Waals surface area contributed by atoms with E-state index in [-0.39, 0.29) is 10.8 Å². The van der Waals surface area contributed by atoms with Gasteiger partial charge < -0.3 is 10.1 Å². The SMILES string of the molecule is O=C(/C=C/c1cccc(F)c1)Nc1ccc(OC(F)F)c(Cl)c1. The third-order valence-electron chi connectivity index (χ3n) is 2.69. The van der Waals surface area contributed by atoms with E-state index in [0.717, 1.165) is 0 Å². The summed E-state index contributed by atoms with van der Waals surface area (Å²) in [6.45, 7) is -2.98. The van der Waals surface area contributed by atoms with Crippen LogP contribution in [0.25, 0.3) is 6.08 Å². The van der Waals surface area contributed by atoms with E-state index < -0.39 is 18.3 Å². The second kappa shape index (κ2) is 7.69. The van der Waals surface area contributed by atoms with E-state index in [4.69, 9.17) is 11.6 Å². The predicted octanol–water partition coefficient (Wildman–Crippen LogP) is 4.73. The average Bonchev–Trinajstić information content (AvgIpc) is 2.48. The fourth-order valence-electron chi connectivity index (χ4n) is 1.74. The van der Waals surface area contributed by atoms with Crippen LogP contribution >= 0.6 is 11.6 Å². The zero-order valence-electron chi connectivity index (χ0n) is 11.6. The Bertz CT molecular complexity index is 735. The largest absolute Gasteiger partial charge is 0.433 e. The maximum absolute atomic E-state index is 13.0. The first-order chi connectivity index (χ1) is 10.9. The third-order valence-corrected chi connectivity index (χ3v) is 2.99. The molecule has 0 aliphatic carbocycles. The van der Waals surface area contributed by atoms with E-state index in [1.54, 1.807) is 6.07 Å². The number of ether oxygens (including phenoxy) is 1. The molecule has 1 N–H and O–H groups in total. The molecule has 120 valence electrons. The smallest absolute Gasteiger partial charge is 0.387 e. The van der Waals surface area contributed by atoms with Gasteiger partial charge in [0.05, 0.1) is 5.02 Å². The minimum atomic E-state index is -2.98. The van der Waals surface area contributed by atoms with Gasteiger partial charge in [-0.2, -0.15) is 8.78 Å². The fraction of sp³-hybridized carbons (Fsp3) is 0.0625. The minimum Gasteiger partial charge on any atom is -0.433 e. The van der Waals surface area contributed by atoms with Crippen molar-refractivity contribution in [2.75, 3.05) is 5.32 Å². The predicted molar refractivity (Wildman–Crippen MR) is 82.1 cm³/mol. The molecule has 2 aromatic rings. The Morgan fingerprint density at radius 1 is 1.22 bits per heavy atom. The highest BCUT2D eigenvalue weighted by Gasteiger charge is 2.09. The number of hydrogen-bond donors (Lipinski definition) is 1. The van der Waals surface area contributed by atoms with Crippen LogP contribution in [0.5, 0.6) is 5.75 Å². The number of halogens is 4. The molecule has 0 bridgehead atoms. The molecular formula is C16H11ClF3NO2. The van der Waals surface area contributed by atoms with Crippen molar-refractivity contribution in [3.63, 3.8) is 0 Å². The molecule has 0 heterocycles. The molecule has 1 amide bonds. The fourth-order valence-corrected chi connectivity index (χ4v) is 1.96. The van der Waals surface area contributed by atoms with Crippen molar-refractivity contribution in [3.05, 3.63) is 64.9 Å². The minimum absolute atomic E-state index is 0.0581. The first-order valence-corrected chi connectivity index (χ1v) is 6.81. The maximum Gasteiger partial charge on any atom is 0.387 e. The van der Waals surface area contributed by atoms with Gasteiger partial charge in [-0.05, 0) is 42.0 Å². The molecule has 0 saturated carbocycles.